The fourth-order valence-electron chi connectivity index (χ4n) is 7.36. The van der Waals surface area contributed by atoms with E-state index in [1.807, 2.05) is 65.6 Å². The van der Waals surface area contributed by atoms with E-state index in [2.05, 4.69) is 4.98 Å². The highest BCUT2D eigenvalue weighted by atomic mass is 16.4. The van der Waals surface area contributed by atoms with E-state index >= 15 is 0 Å². The predicted molar refractivity (Wildman–Crippen MR) is 161 cm³/mol. The SMILES string of the molecule is O=C(O)N1CCN(C(=O)N2CCC(O)(Cn3cnc(-c4ccccc4)cc3=O)C3(CCCCC3)C2)[C@H](c2ccccc2)C1. The third-order valence-corrected chi connectivity index (χ3v) is 9.82. The van der Waals surface area contributed by atoms with Crippen molar-refractivity contribution in [2.45, 2.75) is 56.7 Å². The lowest BCUT2D eigenvalue weighted by molar-refractivity contribution is -0.154. The second-order valence-corrected chi connectivity index (χ2v) is 12.3. The van der Waals surface area contributed by atoms with E-state index in [0.717, 1.165) is 43.2 Å². The number of nitrogens with zero attached hydrogens (tertiary/aromatic N) is 5. The van der Waals surface area contributed by atoms with E-state index in [4.69, 9.17) is 0 Å². The molecule has 10 heteroatoms. The monoisotopic (exact) mass is 585 g/mol. The number of aliphatic hydroxyl groups is 1. The fraction of sp³-hybridized carbons (Fsp3) is 0.455. The minimum absolute atomic E-state index is 0.125. The van der Waals surface area contributed by atoms with Crippen molar-refractivity contribution in [2.75, 3.05) is 32.7 Å². The summed E-state index contributed by atoms with van der Waals surface area (Å²) in [5.74, 6) is 0. The number of carboxylic acid groups (broad SMARTS) is 1. The molecule has 6 rings (SSSR count). The Bertz CT molecular complexity index is 1510. The quantitative estimate of drug-likeness (QED) is 0.467. The van der Waals surface area contributed by atoms with Gasteiger partial charge < -0.3 is 24.9 Å². The Morgan fingerprint density at radius 2 is 1.58 bits per heavy atom. The van der Waals surface area contributed by atoms with Gasteiger partial charge in [-0.15, -0.1) is 0 Å². The summed E-state index contributed by atoms with van der Waals surface area (Å²) in [5.41, 5.74) is 0.408. The van der Waals surface area contributed by atoms with E-state index < -0.39 is 23.2 Å². The highest BCUT2D eigenvalue weighted by molar-refractivity contribution is 5.76. The van der Waals surface area contributed by atoms with Crippen LogP contribution in [0.2, 0.25) is 0 Å². The average molecular weight is 586 g/mol. The van der Waals surface area contributed by atoms with Crippen LogP contribution in [-0.4, -0.2) is 84.9 Å². The van der Waals surface area contributed by atoms with Crippen molar-refractivity contribution in [1.82, 2.24) is 24.3 Å². The molecule has 2 aromatic carbocycles. The second kappa shape index (κ2) is 11.8. The smallest absolute Gasteiger partial charge is 0.407 e. The first-order chi connectivity index (χ1) is 20.8. The fourth-order valence-corrected chi connectivity index (χ4v) is 7.36. The lowest BCUT2D eigenvalue weighted by Gasteiger charge is -2.56. The van der Waals surface area contributed by atoms with E-state index in [0.29, 0.717) is 31.7 Å². The lowest BCUT2D eigenvalue weighted by Crippen LogP contribution is -2.65. The molecule has 1 unspecified atom stereocenters. The van der Waals surface area contributed by atoms with Crippen molar-refractivity contribution in [1.29, 1.82) is 0 Å². The van der Waals surface area contributed by atoms with Gasteiger partial charge in [-0.3, -0.25) is 9.36 Å². The van der Waals surface area contributed by atoms with Crippen molar-refractivity contribution in [3.63, 3.8) is 0 Å². The number of carbonyl (C=O) groups excluding carboxylic acids is 1. The molecule has 226 valence electrons. The summed E-state index contributed by atoms with van der Waals surface area (Å²) in [7, 11) is 0. The highest BCUT2D eigenvalue weighted by Crippen LogP contribution is 2.50. The number of piperazine rings is 1. The Morgan fingerprint density at radius 3 is 2.26 bits per heavy atom. The zero-order chi connectivity index (χ0) is 30.0. The van der Waals surface area contributed by atoms with Gasteiger partial charge in [-0.05, 0) is 24.8 Å². The van der Waals surface area contributed by atoms with Gasteiger partial charge in [0.1, 0.15) is 0 Å². The normalized spacial score (nSPS) is 23.7. The number of urea groups is 1. The number of carbonyl (C=O) groups is 2. The first kappa shape index (κ1) is 28.9. The minimum Gasteiger partial charge on any atom is -0.465 e. The first-order valence-electron chi connectivity index (χ1n) is 15.2. The van der Waals surface area contributed by atoms with Crippen LogP contribution in [0.4, 0.5) is 9.59 Å². The third kappa shape index (κ3) is 5.63. The summed E-state index contributed by atoms with van der Waals surface area (Å²) in [4.78, 5) is 48.8. The molecule has 2 N–H and O–H groups in total. The molecule has 2 atom stereocenters. The van der Waals surface area contributed by atoms with Gasteiger partial charge in [0.15, 0.2) is 0 Å². The van der Waals surface area contributed by atoms with Gasteiger partial charge in [0.25, 0.3) is 5.56 Å². The molecule has 1 aliphatic carbocycles. The summed E-state index contributed by atoms with van der Waals surface area (Å²) in [6.07, 6.45) is 5.41. The molecule has 2 saturated heterocycles. The maximum absolute atomic E-state index is 14.2. The molecule has 43 heavy (non-hydrogen) atoms. The number of rotatable bonds is 4. The summed E-state index contributed by atoms with van der Waals surface area (Å²) in [6, 6.07) is 20.1. The molecule has 3 fully saturated rings. The third-order valence-electron chi connectivity index (χ3n) is 9.82. The molecule has 3 heterocycles. The Hall–Kier alpha value is -4.18. The molecular formula is C33H39N5O5. The van der Waals surface area contributed by atoms with Gasteiger partial charge in [0.2, 0.25) is 0 Å². The summed E-state index contributed by atoms with van der Waals surface area (Å²) < 4.78 is 1.51. The number of benzene rings is 2. The molecule has 1 spiro atoms. The first-order valence-corrected chi connectivity index (χ1v) is 15.2. The molecule has 10 nitrogen and oxygen atoms in total. The summed E-state index contributed by atoms with van der Waals surface area (Å²) >= 11 is 0. The van der Waals surface area contributed by atoms with Gasteiger partial charge in [-0.25, -0.2) is 14.6 Å². The number of likely N-dealkylation sites (tertiary alicyclic amines) is 1. The molecule has 2 aliphatic heterocycles. The van der Waals surface area contributed by atoms with Crippen LogP contribution in [-0.2, 0) is 6.54 Å². The summed E-state index contributed by atoms with van der Waals surface area (Å²) in [6.45, 7) is 1.63. The van der Waals surface area contributed by atoms with Crippen LogP contribution in [0.5, 0.6) is 0 Å². The van der Waals surface area contributed by atoms with Crippen LogP contribution >= 0.6 is 0 Å². The Morgan fingerprint density at radius 1 is 0.884 bits per heavy atom. The van der Waals surface area contributed by atoms with Crippen molar-refractivity contribution >= 4 is 12.1 Å². The van der Waals surface area contributed by atoms with Gasteiger partial charge in [-0.2, -0.15) is 0 Å². The Kier molecular flexibility index (Phi) is 7.96. The molecule has 1 aromatic heterocycles. The molecule has 3 aliphatic rings. The largest absolute Gasteiger partial charge is 0.465 e. The molecule has 1 saturated carbocycles. The topological polar surface area (TPSA) is 119 Å². The van der Waals surface area contributed by atoms with Gasteiger partial charge in [0, 0.05) is 49.8 Å². The molecular weight excluding hydrogens is 546 g/mol. The molecule has 3 amide bonds. The maximum Gasteiger partial charge on any atom is 0.407 e. The predicted octanol–water partition coefficient (Wildman–Crippen LogP) is 4.45. The molecule has 0 radical (unpaired) electrons. The van der Waals surface area contributed by atoms with E-state index in [1.165, 1.54) is 21.9 Å². The van der Waals surface area contributed by atoms with Crippen molar-refractivity contribution < 1.29 is 19.8 Å². The van der Waals surface area contributed by atoms with Gasteiger partial charge in [0.05, 0.1) is 30.2 Å². The zero-order valence-electron chi connectivity index (χ0n) is 24.3. The van der Waals surface area contributed by atoms with Crippen LogP contribution in [0.25, 0.3) is 11.3 Å². The van der Waals surface area contributed by atoms with Crippen LogP contribution in [0.1, 0.15) is 50.1 Å². The average Bonchev–Trinajstić information content (AvgIpc) is 3.04. The standard InChI is InChI=1S/C33H39N5O5/c39-29-20-27(25-10-4-1-5-11-25)34-24-37(29)23-33(43)16-17-36(22-32(33)14-8-3-9-15-32)30(40)38-19-18-35(31(41)42)21-28(38)26-12-6-2-7-13-26/h1-2,4-7,10-13,20,24,28,43H,3,8-9,14-19,21-23H2,(H,41,42)/t28-,33?/m0/s1. The summed E-state index contributed by atoms with van der Waals surface area (Å²) in [5, 5.41) is 22.0. The number of piperidine rings is 1. The highest BCUT2D eigenvalue weighted by Gasteiger charge is 2.55. The molecule has 0 bridgehead atoms. The Labute approximate surface area is 251 Å². The minimum atomic E-state index is -1.18. The van der Waals surface area contributed by atoms with Crippen LogP contribution in [0.15, 0.2) is 77.9 Å². The number of aromatic nitrogens is 2. The van der Waals surface area contributed by atoms with Gasteiger partial charge in [-0.1, -0.05) is 79.9 Å². The van der Waals surface area contributed by atoms with E-state index in [-0.39, 0.29) is 31.2 Å². The van der Waals surface area contributed by atoms with Crippen molar-refractivity contribution in [2.24, 2.45) is 5.41 Å². The van der Waals surface area contributed by atoms with Gasteiger partial charge >= 0.3 is 12.1 Å². The Balaban J connectivity index is 1.25. The van der Waals surface area contributed by atoms with Crippen LogP contribution in [0, 0.1) is 5.41 Å². The van der Waals surface area contributed by atoms with Crippen molar-refractivity contribution in [3.8, 4) is 11.3 Å². The van der Waals surface area contributed by atoms with E-state index in [1.54, 1.807) is 4.90 Å². The molecule has 3 aromatic rings. The van der Waals surface area contributed by atoms with Crippen LogP contribution < -0.4 is 5.56 Å². The number of hydrogen-bond acceptors (Lipinski definition) is 5. The lowest BCUT2D eigenvalue weighted by atomic mass is 9.60. The van der Waals surface area contributed by atoms with E-state index in [9.17, 15) is 24.6 Å². The zero-order valence-corrected chi connectivity index (χ0v) is 24.3. The van der Waals surface area contributed by atoms with Crippen molar-refractivity contribution in [3.05, 3.63) is 89.0 Å². The van der Waals surface area contributed by atoms with Crippen LogP contribution in [0.3, 0.4) is 0 Å². The second-order valence-electron chi connectivity index (χ2n) is 12.3. The number of hydrogen-bond donors (Lipinski definition) is 2. The number of amides is 3. The maximum atomic E-state index is 14.2.